The normalized spacial score (nSPS) is 11.4. The number of ether oxygens (including phenoxy) is 1. The Hall–Kier alpha value is -3.47. The van der Waals surface area contributed by atoms with Gasteiger partial charge in [-0.05, 0) is 60.0 Å². The summed E-state index contributed by atoms with van der Waals surface area (Å²) < 4.78 is 31.2. The molecular formula is C29H31Cl2N3O5S. The summed E-state index contributed by atoms with van der Waals surface area (Å²) in [6.45, 7) is 1.14. The highest BCUT2D eigenvalue weighted by Crippen LogP contribution is 2.31. The maximum atomic E-state index is 12.6. The number of aliphatic hydroxyl groups excluding tert-OH is 1. The number of benzene rings is 3. The van der Waals surface area contributed by atoms with E-state index in [4.69, 9.17) is 4.74 Å². The Morgan fingerprint density at radius 1 is 0.950 bits per heavy atom. The van der Waals surface area contributed by atoms with Gasteiger partial charge in [0.25, 0.3) is 5.91 Å². The van der Waals surface area contributed by atoms with Gasteiger partial charge in [-0.15, -0.1) is 24.8 Å². The molecule has 8 nitrogen and oxygen atoms in total. The zero-order valence-corrected chi connectivity index (χ0v) is 24.1. The summed E-state index contributed by atoms with van der Waals surface area (Å²) >= 11 is 0. The second-order valence-electron chi connectivity index (χ2n) is 8.78. The number of carbonyl (C=O) groups excluding carboxylic acids is 1. The summed E-state index contributed by atoms with van der Waals surface area (Å²) in [6.07, 6.45) is 4.44. The topological polar surface area (TPSA) is 118 Å². The molecule has 0 saturated heterocycles. The molecule has 1 amide bonds. The fourth-order valence-electron chi connectivity index (χ4n) is 3.84. The van der Waals surface area contributed by atoms with Crippen LogP contribution in [0.5, 0.6) is 11.5 Å². The van der Waals surface area contributed by atoms with E-state index >= 15 is 0 Å². The summed E-state index contributed by atoms with van der Waals surface area (Å²) in [6, 6.07) is 25.7. The first-order valence-corrected chi connectivity index (χ1v) is 13.9. The van der Waals surface area contributed by atoms with Crippen molar-refractivity contribution < 1.29 is 23.1 Å². The van der Waals surface area contributed by atoms with Crippen LogP contribution in [0.4, 0.5) is 0 Å². The molecule has 4 aromatic rings. The third kappa shape index (κ3) is 9.62. The first kappa shape index (κ1) is 32.7. The average molecular weight is 605 g/mol. The van der Waals surface area contributed by atoms with Crippen LogP contribution in [0, 0.1) is 0 Å². The Kier molecular flexibility index (Phi) is 12.6. The van der Waals surface area contributed by atoms with Crippen LogP contribution in [0.15, 0.2) is 97.3 Å². The summed E-state index contributed by atoms with van der Waals surface area (Å²) in [5.41, 5.74) is 3.75. The first-order chi connectivity index (χ1) is 18.3. The molecule has 4 rings (SSSR count). The van der Waals surface area contributed by atoms with Gasteiger partial charge in [0.05, 0.1) is 17.9 Å². The van der Waals surface area contributed by atoms with Crippen molar-refractivity contribution in [2.24, 2.45) is 0 Å². The summed E-state index contributed by atoms with van der Waals surface area (Å²) in [5, 5.41) is 13.5. The minimum atomic E-state index is -3.73. The molecule has 3 N–H and O–H groups in total. The summed E-state index contributed by atoms with van der Waals surface area (Å²) in [5.74, 6) is 0.00586. The standard InChI is InChI=1S/C29H29N3O5S.2ClH/c1-38(35,36)32-29(34)26-14-13-23(18-28(26)37-25-7-3-2-4-8-25)22-11-9-21(10-12-22)15-17-31-20-27(33)24-6-5-16-30-19-24;;/h2-14,16,18-19,27,31,33H,15,17,20H2,1H3,(H,32,34);2*1H/t27-;;/m1../s1. The molecule has 1 atom stereocenters. The number of rotatable bonds is 11. The first-order valence-electron chi connectivity index (χ1n) is 12.1. The van der Waals surface area contributed by atoms with Gasteiger partial charge in [0.15, 0.2) is 0 Å². The second kappa shape index (κ2) is 15.4. The fourth-order valence-corrected chi connectivity index (χ4v) is 4.29. The van der Waals surface area contributed by atoms with E-state index in [2.05, 4.69) is 10.3 Å². The molecule has 1 heterocycles. The molecule has 212 valence electrons. The maximum Gasteiger partial charge on any atom is 0.268 e. The number of carbonyl (C=O) groups is 1. The Morgan fingerprint density at radius 3 is 2.30 bits per heavy atom. The SMILES string of the molecule is CS(=O)(=O)NC(=O)c1ccc(-c2ccc(CCNC[C@@H](O)c3cccnc3)cc2)cc1Oc1ccccc1.Cl.Cl. The molecule has 0 aliphatic carbocycles. The van der Waals surface area contributed by atoms with Gasteiger partial charge in [-0.3, -0.25) is 9.78 Å². The fraction of sp³-hybridized carbons (Fsp3) is 0.172. The van der Waals surface area contributed by atoms with Crippen molar-refractivity contribution in [2.45, 2.75) is 12.5 Å². The molecule has 0 fully saturated rings. The van der Waals surface area contributed by atoms with E-state index < -0.39 is 22.0 Å². The van der Waals surface area contributed by atoms with Crippen molar-refractivity contribution in [1.29, 1.82) is 0 Å². The Morgan fingerprint density at radius 2 is 1.65 bits per heavy atom. The smallest absolute Gasteiger partial charge is 0.268 e. The van der Waals surface area contributed by atoms with E-state index in [1.165, 1.54) is 0 Å². The molecule has 0 aliphatic rings. The van der Waals surface area contributed by atoms with Gasteiger partial charge in [-0.2, -0.15) is 0 Å². The average Bonchev–Trinajstić information content (AvgIpc) is 2.91. The molecule has 0 aliphatic heterocycles. The highest BCUT2D eigenvalue weighted by atomic mass is 35.5. The van der Waals surface area contributed by atoms with Crippen molar-refractivity contribution in [1.82, 2.24) is 15.0 Å². The van der Waals surface area contributed by atoms with Crippen LogP contribution in [-0.4, -0.2) is 43.8 Å². The molecule has 0 bridgehead atoms. The number of pyridine rings is 1. The van der Waals surface area contributed by atoms with E-state index in [9.17, 15) is 18.3 Å². The second-order valence-corrected chi connectivity index (χ2v) is 10.5. The van der Waals surface area contributed by atoms with Crippen LogP contribution in [0.3, 0.4) is 0 Å². The molecule has 0 spiro atoms. The molecule has 0 radical (unpaired) electrons. The lowest BCUT2D eigenvalue weighted by Gasteiger charge is -2.14. The van der Waals surface area contributed by atoms with E-state index in [0.29, 0.717) is 18.8 Å². The van der Waals surface area contributed by atoms with Gasteiger partial charge in [0, 0.05) is 24.5 Å². The van der Waals surface area contributed by atoms with Crippen molar-refractivity contribution in [3.63, 3.8) is 0 Å². The van der Waals surface area contributed by atoms with Crippen molar-refractivity contribution in [2.75, 3.05) is 19.3 Å². The third-order valence-corrected chi connectivity index (χ3v) is 6.32. The number of para-hydroxylation sites is 1. The molecule has 0 saturated carbocycles. The van der Waals surface area contributed by atoms with Gasteiger partial charge in [-0.25, -0.2) is 13.1 Å². The lowest BCUT2D eigenvalue weighted by Crippen LogP contribution is -2.29. The monoisotopic (exact) mass is 603 g/mol. The lowest BCUT2D eigenvalue weighted by atomic mass is 10.0. The van der Waals surface area contributed by atoms with Crippen LogP contribution >= 0.6 is 24.8 Å². The Balaban J connectivity index is 0.00000280. The molecule has 0 unspecified atom stereocenters. The number of sulfonamides is 1. The van der Waals surface area contributed by atoms with Gasteiger partial charge in [0.1, 0.15) is 11.5 Å². The van der Waals surface area contributed by atoms with E-state index in [-0.39, 0.29) is 36.1 Å². The van der Waals surface area contributed by atoms with Crippen molar-refractivity contribution in [3.8, 4) is 22.6 Å². The van der Waals surface area contributed by atoms with Gasteiger partial charge in [0.2, 0.25) is 10.0 Å². The number of aromatic nitrogens is 1. The molecule has 11 heteroatoms. The number of hydrogen-bond donors (Lipinski definition) is 3. The Labute approximate surface area is 246 Å². The predicted octanol–water partition coefficient (Wildman–Crippen LogP) is 4.94. The number of hydrogen-bond acceptors (Lipinski definition) is 7. The number of halogens is 2. The number of nitrogens with zero attached hydrogens (tertiary/aromatic N) is 1. The zero-order valence-electron chi connectivity index (χ0n) is 21.7. The molecule has 1 aromatic heterocycles. The van der Waals surface area contributed by atoms with Crippen LogP contribution in [0.1, 0.15) is 27.6 Å². The molecular weight excluding hydrogens is 573 g/mol. The quantitative estimate of drug-likeness (QED) is 0.208. The zero-order chi connectivity index (χ0) is 27.0. The minimum absolute atomic E-state index is 0. The minimum Gasteiger partial charge on any atom is -0.457 e. The summed E-state index contributed by atoms with van der Waals surface area (Å²) in [4.78, 5) is 16.6. The lowest BCUT2D eigenvalue weighted by molar-refractivity contribution is 0.0979. The van der Waals surface area contributed by atoms with E-state index in [1.807, 2.05) is 53.3 Å². The van der Waals surface area contributed by atoms with Crippen LogP contribution in [-0.2, 0) is 16.4 Å². The van der Waals surface area contributed by atoms with E-state index in [1.54, 1.807) is 48.8 Å². The third-order valence-electron chi connectivity index (χ3n) is 5.76. The molecule has 40 heavy (non-hydrogen) atoms. The van der Waals surface area contributed by atoms with Crippen LogP contribution in [0.2, 0.25) is 0 Å². The summed E-state index contributed by atoms with van der Waals surface area (Å²) in [7, 11) is -3.73. The van der Waals surface area contributed by atoms with Crippen molar-refractivity contribution in [3.05, 3.63) is 114 Å². The largest absolute Gasteiger partial charge is 0.457 e. The van der Waals surface area contributed by atoms with Gasteiger partial charge >= 0.3 is 0 Å². The maximum absolute atomic E-state index is 12.6. The van der Waals surface area contributed by atoms with Crippen LogP contribution < -0.4 is 14.8 Å². The highest BCUT2D eigenvalue weighted by Gasteiger charge is 2.18. The van der Waals surface area contributed by atoms with E-state index in [0.717, 1.165) is 34.9 Å². The number of amides is 1. The molecule has 3 aromatic carbocycles. The highest BCUT2D eigenvalue weighted by molar-refractivity contribution is 7.89. The van der Waals surface area contributed by atoms with Gasteiger partial charge in [-0.1, -0.05) is 54.6 Å². The number of nitrogens with one attached hydrogen (secondary N) is 2. The van der Waals surface area contributed by atoms with Crippen LogP contribution in [0.25, 0.3) is 11.1 Å². The van der Waals surface area contributed by atoms with Crippen molar-refractivity contribution >= 4 is 40.7 Å². The number of aliphatic hydroxyl groups is 1. The van der Waals surface area contributed by atoms with Gasteiger partial charge < -0.3 is 15.2 Å². The predicted molar refractivity (Wildman–Crippen MR) is 161 cm³/mol. The Bertz CT molecular complexity index is 1470.